The monoisotopic (exact) mass is 210 g/mol. The number of ether oxygens (including phenoxy) is 1. The van der Waals surface area contributed by atoms with E-state index in [1.807, 2.05) is 13.8 Å². The Hall–Kier alpha value is -0.630. The second-order valence-corrected chi connectivity index (χ2v) is 4.70. The Balaban J connectivity index is 2.81. The number of ketones is 1. The largest absolute Gasteiger partial charge is 0.370 e. The lowest BCUT2D eigenvalue weighted by Crippen LogP contribution is -2.39. The van der Waals surface area contributed by atoms with Crippen LogP contribution in [0.25, 0.3) is 0 Å². The van der Waals surface area contributed by atoms with E-state index in [1.54, 1.807) is 13.2 Å². The summed E-state index contributed by atoms with van der Waals surface area (Å²) in [6.07, 6.45) is 8.17. The van der Waals surface area contributed by atoms with E-state index in [1.165, 1.54) is 12.8 Å². The molecule has 86 valence electrons. The number of hydrogen-bond acceptors (Lipinski definition) is 2. The first-order chi connectivity index (χ1) is 7.10. The highest BCUT2D eigenvalue weighted by molar-refractivity contribution is 5.97. The van der Waals surface area contributed by atoms with Crippen molar-refractivity contribution in [2.75, 3.05) is 7.11 Å². The number of allylic oxidation sites excluding steroid dienone is 1. The molecule has 1 rings (SSSR count). The van der Waals surface area contributed by atoms with Crippen LogP contribution in [0.1, 0.15) is 52.4 Å². The summed E-state index contributed by atoms with van der Waals surface area (Å²) in [6.45, 7) is 3.91. The van der Waals surface area contributed by atoms with Gasteiger partial charge < -0.3 is 4.74 Å². The average Bonchev–Trinajstić information content (AvgIpc) is 2.42. The predicted molar refractivity (Wildman–Crippen MR) is 61.9 cm³/mol. The minimum Gasteiger partial charge on any atom is -0.370 e. The lowest BCUT2D eigenvalue weighted by atomic mass is 9.88. The van der Waals surface area contributed by atoms with E-state index in [0.29, 0.717) is 0 Å². The molecular formula is C13H22O2. The minimum atomic E-state index is -0.520. The quantitative estimate of drug-likeness (QED) is 0.528. The van der Waals surface area contributed by atoms with E-state index in [4.69, 9.17) is 4.74 Å². The molecule has 1 fully saturated rings. The lowest BCUT2D eigenvalue weighted by Gasteiger charge is -2.28. The van der Waals surface area contributed by atoms with Crippen LogP contribution in [0.5, 0.6) is 0 Å². The molecule has 0 atom stereocenters. The van der Waals surface area contributed by atoms with Gasteiger partial charge in [-0.3, -0.25) is 4.79 Å². The number of hydrogen-bond donors (Lipinski definition) is 0. The molecule has 0 aromatic rings. The van der Waals surface area contributed by atoms with Crippen LogP contribution in [0.15, 0.2) is 11.6 Å². The number of methoxy groups -OCH3 is 1. The second kappa shape index (κ2) is 5.45. The summed E-state index contributed by atoms with van der Waals surface area (Å²) >= 11 is 0. The van der Waals surface area contributed by atoms with Gasteiger partial charge in [-0.05, 0) is 32.8 Å². The van der Waals surface area contributed by atoms with Gasteiger partial charge in [0.15, 0.2) is 5.78 Å². The van der Waals surface area contributed by atoms with Gasteiger partial charge in [0.25, 0.3) is 0 Å². The summed E-state index contributed by atoms with van der Waals surface area (Å²) in [7, 11) is 1.67. The van der Waals surface area contributed by atoms with E-state index >= 15 is 0 Å². The van der Waals surface area contributed by atoms with Gasteiger partial charge in [0, 0.05) is 7.11 Å². The van der Waals surface area contributed by atoms with Gasteiger partial charge in [-0.15, -0.1) is 0 Å². The topological polar surface area (TPSA) is 26.3 Å². The van der Waals surface area contributed by atoms with E-state index in [2.05, 4.69) is 0 Å². The van der Waals surface area contributed by atoms with Gasteiger partial charge in [-0.25, -0.2) is 0 Å². The number of carbonyl (C=O) groups excluding carboxylic acids is 1. The first-order valence-corrected chi connectivity index (χ1v) is 5.85. The van der Waals surface area contributed by atoms with E-state index < -0.39 is 5.60 Å². The van der Waals surface area contributed by atoms with Crippen molar-refractivity contribution in [1.82, 2.24) is 0 Å². The first kappa shape index (κ1) is 12.4. The van der Waals surface area contributed by atoms with Crippen LogP contribution in [-0.4, -0.2) is 18.5 Å². The van der Waals surface area contributed by atoms with Gasteiger partial charge in [0.1, 0.15) is 5.60 Å². The van der Waals surface area contributed by atoms with Gasteiger partial charge in [-0.2, -0.15) is 0 Å². The molecule has 0 aromatic carbocycles. The predicted octanol–water partition coefficient (Wildman–Crippen LogP) is 3.26. The van der Waals surface area contributed by atoms with Gasteiger partial charge in [0.2, 0.25) is 0 Å². The Morgan fingerprint density at radius 1 is 1.13 bits per heavy atom. The van der Waals surface area contributed by atoms with Gasteiger partial charge in [-0.1, -0.05) is 31.3 Å². The van der Waals surface area contributed by atoms with Crippen molar-refractivity contribution in [2.45, 2.75) is 58.0 Å². The summed E-state index contributed by atoms with van der Waals surface area (Å²) in [6, 6.07) is 0. The van der Waals surface area contributed by atoms with Gasteiger partial charge in [0.05, 0.1) is 0 Å². The molecule has 1 aliphatic rings. The molecule has 0 radical (unpaired) electrons. The Morgan fingerprint density at radius 3 is 2.07 bits per heavy atom. The van der Waals surface area contributed by atoms with Crippen LogP contribution in [0, 0.1) is 0 Å². The van der Waals surface area contributed by atoms with Crippen molar-refractivity contribution in [3.63, 3.8) is 0 Å². The summed E-state index contributed by atoms with van der Waals surface area (Å²) in [5, 5.41) is 0. The maximum Gasteiger partial charge on any atom is 0.187 e. The second-order valence-electron chi connectivity index (χ2n) is 4.70. The average molecular weight is 210 g/mol. The van der Waals surface area contributed by atoms with E-state index in [9.17, 15) is 4.79 Å². The summed E-state index contributed by atoms with van der Waals surface area (Å²) < 4.78 is 5.53. The zero-order valence-corrected chi connectivity index (χ0v) is 10.1. The standard InChI is InChI=1S/C13H22O2/c1-11(2)10-12(14)13(15-3)8-6-4-5-7-9-13/h10H,4-9H2,1-3H3. The van der Waals surface area contributed by atoms with Crippen LogP contribution in [0.2, 0.25) is 0 Å². The lowest BCUT2D eigenvalue weighted by molar-refractivity contribution is -0.137. The molecule has 0 aromatic heterocycles. The molecule has 15 heavy (non-hydrogen) atoms. The van der Waals surface area contributed by atoms with E-state index in [-0.39, 0.29) is 5.78 Å². The maximum atomic E-state index is 12.1. The first-order valence-electron chi connectivity index (χ1n) is 5.85. The Bertz CT molecular complexity index is 241. The van der Waals surface area contributed by atoms with Crippen molar-refractivity contribution in [3.05, 3.63) is 11.6 Å². The molecule has 0 amide bonds. The summed E-state index contributed by atoms with van der Waals surface area (Å²) in [4.78, 5) is 12.1. The molecule has 0 saturated heterocycles. The highest BCUT2D eigenvalue weighted by atomic mass is 16.5. The van der Waals surface area contributed by atoms with Crippen molar-refractivity contribution >= 4 is 5.78 Å². The molecule has 1 aliphatic carbocycles. The Kier molecular flexibility index (Phi) is 4.52. The van der Waals surface area contributed by atoms with Crippen molar-refractivity contribution in [2.24, 2.45) is 0 Å². The summed E-state index contributed by atoms with van der Waals surface area (Å²) in [5.74, 6) is 0.159. The Morgan fingerprint density at radius 2 is 1.67 bits per heavy atom. The third-order valence-corrected chi connectivity index (χ3v) is 3.17. The molecule has 0 aliphatic heterocycles. The third-order valence-electron chi connectivity index (χ3n) is 3.17. The fourth-order valence-corrected chi connectivity index (χ4v) is 2.24. The summed E-state index contributed by atoms with van der Waals surface area (Å²) in [5.41, 5.74) is 0.536. The molecular weight excluding hydrogens is 188 g/mol. The normalized spacial score (nSPS) is 20.5. The highest BCUT2D eigenvalue weighted by Crippen LogP contribution is 2.31. The fourth-order valence-electron chi connectivity index (χ4n) is 2.24. The molecule has 0 bridgehead atoms. The Labute approximate surface area is 92.7 Å². The van der Waals surface area contributed by atoms with Crippen molar-refractivity contribution in [3.8, 4) is 0 Å². The van der Waals surface area contributed by atoms with Crippen LogP contribution < -0.4 is 0 Å². The molecule has 0 heterocycles. The minimum absolute atomic E-state index is 0.159. The molecule has 0 unspecified atom stereocenters. The van der Waals surface area contributed by atoms with Crippen molar-refractivity contribution < 1.29 is 9.53 Å². The van der Waals surface area contributed by atoms with Crippen LogP contribution >= 0.6 is 0 Å². The maximum absolute atomic E-state index is 12.1. The number of carbonyl (C=O) groups is 1. The smallest absolute Gasteiger partial charge is 0.187 e. The molecule has 2 nitrogen and oxygen atoms in total. The molecule has 0 spiro atoms. The van der Waals surface area contributed by atoms with Gasteiger partial charge >= 0.3 is 0 Å². The van der Waals surface area contributed by atoms with Crippen LogP contribution in [0.4, 0.5) is 0 Å². The third kappa shape index (κ3) is 3.16. The molecule has 2 heteroatoms. The molecule has 0 N–H and O–H groups in total. The number of rotatable bonds is 3. The van der Waals surface area contributed by atoms with Crippen LogP contribution in [0.3, 0.4) is 0 Å². The van der Waals surface area contributed by atoms with Crippen LogP contribution in [-0.2, 0) is 9.53 Å². The highest BCUT2D eigenvalue weighted by Gasteiger charge is 2.36. The molecule has 1 saturated carbocycles. The van der Waals surface area contributed by atoms with E-state index in [0.717, 1.165) is 31.3 Å². The zero-order valence-electron chi connectivity index (χ0n) is 10.1. The van der Waals surface area contributed by atoms with Crippen molar-refractivity contribution in [1.29, 1.82) is 0 Å². The zero-order chi connectivity index (χ0) is 11.3. The fraction of sp³-hybridized carbons (Fsp3) is 0.769. The SMILES string of the molecule is COC1(C(=O)C=C(C)C)CCCCCC1.